The number of benzene rings is 1. The molecule has 1 aliphatic heterocycles. The van der Waals surface area contributed by atoms with Crippen molar-refractivity contribution in [2.24, 2.45) is 5.92 Å². The van der Waals surface area contributed by atoms with Crippen LogP contribution in [0.1, 0.15) is 62.5 Å². The largest absolute Gasteiger partial charge is 0.497 e. The van der Waals surface area contributed by atoms with Crippen LogP contribution in [0.4, 0.5) is 0 Å². The van der Waals surface area contributed by atoms with Crippen molar-refractivity contribution in [3.8, 4) is 5.75 Å². The number of hydrogen-bond donors (Lipinski definition) is 2. The number of aryl methyl sites for hydroxylation is 2. The van der Waals surface area contributed by atoms with E-state index in [1.807, 2.05) is 33.0 Å². The predicted octanol–water partition coefficient (Wildman–Crippen LogP) is 3.41. The van der Waals surface area contributed by atoms with Crippen molar-refractivity contribution < 1.29 is 13.7 Å². The molecule has 1 aliphatic carbocycles. The fourth-order valence-electron chi connectivity index (χ4n) is 5.52. The molecule has 7 nitrogen and oxygen atoms in total. The lowest BCUT2D eigenvalue weighted by Gasteiger charge is -2.32. The summed E-state index contributed by atoms with van der Waals surface area (Å²) < 4.78 is 20.2. The molecule has 2 unspecified atom stereocenters. The molecule has 1 aromatic carbocycles. The second kappa shape index (κ2) is 13.7. The number of likely N-dealkylation sites (N-methyl/N-ethyl adjacent to an activating group) is 1. The molecule has 2 fully saturated rings. The van der Waals surface area contributed by atoms with Crippen LogP contribution in [0.2, 0.25) is 0 Å². The molecular weight excluding hydrogens is 460 g/mol. The molecule has 1 amide bonds. The standard InChI is InChI=1S/C27H46N4O3S/c1-20-17-25(34-5)18-21(2)27(20)35(33)31(4)16-13-26(32)29-23-10-8-22(9-11-23)12-14-28-24-7-6-15-30(3)19-24/h17-18,22-24,28H,6-16,19H2,1-5H3,(H,29,32). The highest BCUT2D eigenvalue weighted by atomic mass is 32.2. The molecule has 1 saturated carbocycles. The number of piperidine rings is 1. The van der Waals surface area contributed by atoms with Crippen LogP contribution in [0.25, 0.3) is 0 Å². The monoisotopic (exact) mass is 506 g/mol. The van der Waals surface area contributed by atoms with E-state index in [-0.39, 0.29) is 11.9 Å². The van der Waals surface area contributed by atoms with E-state index in [0.29, 0.717) is 19.0 Å². The zero-order chi connectivity index (χ0) is 25.4. The lowest BCUT2D eigenvalue weighted by Crippen LogP contribution is -2.44. The van der Waals surface area contributed by atoms with Crippen LogP contribution in [-0.4, -0.2) is 78.8 Å². The van der Waals surface area contributed by atoms with E-state index in [2.05, 4.69) is 22.6 Å². The minimum Gasteiger partial charge on any atom is -0.497 e. The van der Waals surface area contributed by atoms with Crippen LogP contribution in [-0.2, 0) is 15.8 Å². The summed E-state index contributed by atoms with van der Waals surface area (Å²) in [7, 11) is 4.36. The molecule has 3 rings (SSSR count). The number of rotatable bonds is 11. The summed E-state index contributed by atoms with van der Waals surface area (Å²) in [5, 5.41) is 6.98. The second-order valence-electron chi connectivity index (χ2n) is 10.6. The third-order valence-corrected chi connectivity index (χ3v) is 9.34. The van der Waals surface area contributed by atoms with E-state index in [9.17, 15) is 9.00 Å². The number of hydrogen-bond acceptors (Lipinski definition) is 5. The Morgan fingerprint density at radius 2 is 1.83 bits per heavy atom. The summed E-state index contributed by atoms with van der Waals surface area (Å²) in [6.07, 6.45) is 8.70. The first kappa shape index (κ1) is 28.1. The van der Waals surface area contributed by atoms with Gasteiger partial charge < -0.3 is 20.3 Å². The van der Waals surface area contributed by atoms with Gasteiger partial charge in [0.1, 0.15) is 16.7 Å². The van der Waals surface area contributed by atoms with E-state index in [1.54, 1.807) is 11.4 Å². The van der Waals surface area contributed by atoms with E-state index < -0.39 is 11.0 Å². The highest BCUT2D eigenvalue weighted by Gasteiger charge is 2.24. The molecule has 2 aliphatic rings. The number of ether oxygens (including phenoxy) is 1. The van der Waals surface area contributed by atoms with Crippen LogP contribution < -0.4 is 15.4 Å². The third kappa shape index (κ3) is 8.55. The normalized spacial score (nSPS) is 24.3. The number of nitrogens with one attached hydrogen (secondary N) is 2. The quantitative estimate of drug-likeness (QED) is 0.481. The smallest absolute Gasteiger partial charge is 0.221 e. The zero-order valence-electron chi connectivity index (χ0n) is 22.4. The van der Waals surface area contributed by atoms with Crippen molar-refractivity contribution in [3.05, 3.63) is 23.3 Å². The van der Waals surface area contributed by atoms with Gasteiger partial charge in [-0.2, -0.15) is 0 Å². The van der Waals surface area contributed by atoms with Gasteiger partial charge in [0.05, 0.1) is 12.0 Å². The fourth-order valence-corrected chi connectivity index (χ4v) is 6.76. The van der Waals surface area contributed by atoms with Crippen LogP contribution in [0, 0.1) is 19.8 Å². The SMILES string of the molecule is COc1cc(C)c(S(=O)N(C)CCC(=O)NC2CCC(CCNC3CCCN(C)C3)CC2)c(C)c1. The minimum atomic E-state index is -1.31. The average molecular weight is 507 g/mol. The van der Waals surface area contributed by atoms with E-state index in [4.69, 9.17) is 4.74 Å². The summed E-state index contributed by atoms with van der Waals surface area (Å²) in [6.45, 7) is 7.86. The van der Waals surface area contributed by atoms with E-state index >= 15 is 0 Å². The Kier molecular flexibility index (Phi) is 11.0. The molecule has 0 aromatic heterocycles. The number of nitrogens with zero attached hydrogens (tertiary/aromatic N) is 2. The lowest BCUT2D eigenvalue weighted by atomic mass is 9.84. The van der Waals surface area contributed by atoms with Crippen LogP contribution in [0.3, 0.4) is 0 Å². The topological polar surface area (TPSA) is 73.9 Å². The molecule has 0 bridgehead atoms. The van der Waals surface area contributed by atoms with E-state index in [1.165, 1.54) is 45.2 Å². The first-order valence-corrected chi connectivity index (χ1v) is 14.4. The van der Waals surface area contributed by atoms with Crippen molar-refractivity contribution in [3.63, 3.8) is 0 Å². The van der Waals surface area contributed by atoms with Gasteiger partial charge in [0, 0.05) is 38.6 Å². The predicted molar refractivity (Wildman–Crippen MR) is 143 cm³/mol. The molecular formula is C27H46N4O3S. The van der Waals surface area contributed by atoms with Crippen LogP contribution in [0.15, 0.2) is 17.0 Å². The highest BCUT2D eigenvalue weighted by Crippen LogP contribution is 2.27. The maximum atomic E-state index is 13.1. The first-order valence-electron chi connectivity index (χ1n) is 13.3. The molecule has 2 N–H and O–H groups in total. The Bertz CT molecular complexity index is 834. The number of methoxy groups -OCH3 is 1. The van der Waals surface area contributed by atoms with Crippen molar-refractivity contribution >= 4 is 16.9 Å². The van der Waals surface area contributed by atoms with Gasteiger partial charge in [0.25, 0.3) is 0 Å². The maximum Gasteiger partial charge on any atom is 0.221 e. The van der Waals surface area contributed by atoms with Gasteiger partial charge in [-0.3, -0.25) is 4.79 Å². The Labute approximate surface area is 214 Å². The summed E-state index contributed by atoms with van der Waals surface area (Å²) in [4.78, 5) is 15.8. The summed E-state index contributed by atoms with van der Waals surface area (Å²) >= 11 is 0. The highest BCUT2D eigenvalue weighted by molar-refractivity contribution is 7.82. The number of likely N-dealkylation sites (tertiary alicyclic amines) is 1. The molecule has 2 atom stereocenters. The summed E-state index contributed by atoms with van der Waals surface area (Å²) in [6, 6.07) is 4.74. The van der Waals surface area contributed by atoms with Crippen molar-refractivity contribution in [1.29, 1.82) is 0 Å². The van der Waals surface area contributed by atoms with Gasteiger partial charge in [0.15, 0.2) is 0 Å². The van der Waals surface area contributed by atoms with Gasteiger partial charge in [0.2, 0.25) is 5.91 Å². The molecule has 1 saturated heterocycles. The van der Waals surface area contributed by atoms with Gasteiger partial charge in [-0.15, -0.1) is 0 Å². The Hall–Kier alpha value is -1.48. The molecule has 1 aromatic rings. The minimum absolute atomic E-state index is 0.0589. The number of amides is 1. The summed E-state index contributed by atoms with van der Waals surface area (Å²) in [5.74, 6) is 1.59. The zero-order valence-corrected chi connectivity index (χ0v) is 23.2. The van der Waals surface area contributed by atoms with Gasteiger partial charge >= 0.3 is 0 Å². The Balaban J connectivity index is 1.33. The van der Waals surface area contributed by atoms with Gasteiger partial charge in [-0.25, -0.2) is 8.51 Å². The number of carbonyl (C=O) groups excluding carboxylic acids is 1. The summed E-state index contributed by atoms with van der Waals surface area (Å²) in [5.41, 5.74) is 1.88. The van der Waals surface area contributed by atoms with E-state index in [0.717, 1.165) is 47.1 Å². The molecule has 0 radical (unpaired) electrons. The van der Waals surface area contributed by atoms with Gasteiger partial charge in [-0.05, 0) is 108 Å². The maximum absolute atomic E-state index is 13.1. The Morgan fingerprint density at radius 3 is 2.46 bits per heavy atom. The Morgan fingerprint density at radius 1 is 1.14 bits per heavy atom. The average Bonchev–Trinajstić information content (AvgIpc) is 2.83. The first-order chi connectivity index (χ1) is 16.8. The van der Waals surface area contributed by atoms with Crippen LogP contribution in [0.5, 0.6) is 5.75 Å². The van der Waals surface area contributed by atoms with Crippen molar-refractivity contribution in [1.82, 2.24) is 19.8 Å². The molecule has 198 valence electrons. The van der Waals surface area contributed by atoms with Crippen molar-refractivity contribution in [2.75, 3.05) is 47.4 Å². The second-order valence-corrected chi connectivity index (χ2v) is 12.1. The third-order valence-electron chi connectivity index (χ3n) is 7.60. The number of carbonyl (C=O) groups is 1. The van der Waals surface area contributed by atoms with Gasteiger partial charge in [-0.1, -0.05) is 0 Å². The lowest BCUT2D eigenvalue weighted by molar-refractivity contribution is -0.122. The molecule has 1 heterocycles. The van der Waals surface area contributed by atoms with Crippen LogP contribution >= 0.6 is 0 Å². The molecule has 0 spiro atoms. The molecule has 8 heteroatoms. The molecule has 35 heavy (non-hydrogen) atoms. The van der Waals surface area contributed by atoms with Crippen molar-refractivity contribution in [2.45, 2.75) is 82.2 Å². The fraction of sp³-hybridized carbons (Fsp3) is 0.741.